The second-order valence-corrected chi connectivity index (χ2v) is 5.83. The Morgan fingerprint density at radius 2 is 1.83 bits per heavy atom. The standard InChI is InChI=1S/C19H17N4.Ir/c1-13-5-4-6-14(2)18(13)23-10-9-20-19(23)15-7-8-16-17(11-15)22(3)12-21-16;/h4-6,8-12H,1-3H3;/q-1;. The molecule has 1 radical (unpaired) electrons. The van der Waals surface area contributed by atoms with E-state index in [9.17, 15) is 0 Å². The molecule has 0 saturated heterocycles. The van der Waals surface area contributed by atoms with Gasteiger partial charge in [0.15, 0.2) is 0 Å². The maximum Gasteiger partial charge on any atom is 0.0833 e. The average Bonchev–Trinajstić information content (AvgIpc) is 3.15. The third-order valence-electron chi connectivity index (χ3n) is 4.22. The normalized spacial score (nSPS) is 10.8. The number of aromatic nitrogens is 4. The fraction of sp³-hybridized carbons (Fsp3) is 0.158. The summed E-state index contributed by atoms with van der Waals surface area (Å²) < 4.78 is 4.15. The number of imidazole rings is 2. The van der Waals surface area contributed by atoms with Crippen LogP contribution in [0, 0.1) is 19.9 Å². The number of fused-ring (bicyclic) bond motifs is 1. The van der Waals surface area contributed by atoms with Crippen molar-refractivity contribution >= 4 is 11.0 Å². The fourth-order valence-corrected chi connectivity index (χ4v) is 3.07. The van der Waals surface area contributed by atoms with Crippen LogP contribution in [0.2, 0.25) is 0 Å². The molecule has 2 heterocycles. The first-order valence-electron chi connectivity index (χ1n) is 7.58. The van der Waals surface area contributed by atoms with Gasteiger partial charge in [-0.3, -0.25) is 9.97 Å². The molecule has 0 N–H and O–H groups in total. The zero-order chi connectivity index (χ0) is 16.0. The number of hydrogen-bond acceptors (Lipinski definition) is 2. The van der Waals surface area contributed by atoms with E-state index in [4.69, 9.17) is 0 Å². The second-order valence-electron chi connectivity index (χ2n) is 5.83. The number of para-hydroxylation sites is 1. The maximum atomic E-state index is 4.57. The van der Waals surface area contributed by atoms with Crippen molar-refractivity contribution in [2.24, 2.45) is 7.05 Å². The molecule has 0 saturated carbocycles. The monoisotopic (exact) mass is 494 g/mol. The molecule has 4 nitrogen and oxygen atoms in total. The summed E-state index contributed by atoms with van der Waals surface area (Å²) in [6.07, 6.45) is 5.66. The molecule has 2 aromatic carbocycles. The van der Waals surface area contributed by atoms with E-state index in [2.05, 4.69) is 58.7 Å². The smallest absolute Gasteiger partial charge is 0.0833 e. The fourth-order valence-electron chi connectivity index (χ4n) is 3.07. The molecule has 123 valence electrons. The average molecular weight is 494 g/mol. The van der Waals surface area contributed by atoms with Crippen molar-refractivity contribution < 1.29 is 20.1 Å². The predicted molar refractivity (Wildman–Crippen MR) is 91.6 cm³/mol. The third kappa shape index (κ3) is 2.60. The van der Waals surface area contributed by atoms with E-state index in [-0.39, 0.29) is 20.1 Å². The Morgan fingerprint density at radius 3 is 2.58 bits per heavy atom. The van der Waals surface area contributed by atoms with Gasteiger partial charge in [-0.05, 0) is 30.5 Å². The number of aryl methyl sites for hydroxylation is 3. The zero-order valence-electron chi connectivity index (χ0n) is 13.7. The molecule has 2 aromatic heterocycles. The van der Waals surface area contributed by atoms with Crippen LogP contribution in [-0.4, -0.2) is 19.1 Å². The molecule has 5 heteroatoms. The van der Waals surface area contributed by atoms with Gasteiger partial charge in [-0.25, -0.2) is 0 Å². The largest absolute Gasteiger partial charge is 0.352 e. The summed E-state index contributed by atoms with van der Waals surface area (Å²) >= 11 is 0. The van der Waals surface area contributed by atoms with E-state index in [1.54, 1.807) is 0 Å². The molecule has 0 bridgehead atoms. The van der Waals surface area contributed by atoms with Crippen molar-refractivity contribution in [2.45, 2.75) is 13.8 Å². The van der Waals surface area contributed by atoms with Crippen molar-refractivity contribution in [3.05, 3.63) is 66.2 Å². The van der Waals surface area contributed by atoms with Gasteiger partial charge < -0.3 is 9.13 Å². The third-order valence-corrected chi connectivity index (χ3v) is 4.22. The van der Waals surface area contributed by atoms with Crippen molar-refractivity contribution in [1.29, 1.82) is 0 Å². The molecular weight excluding hydrogens is 476 g/mol. The van der Waals surface area contributed by atoms with Crippen molar-refractivity contribution in [3.8, 4) is 17.1 Å². The van der Waals surface area contributed by atoms with Crippen LogP contribution in [0.25, 0.3) is 28.1 Å². The van der Waals surface area contributed by atoms with Gasteiger partial charge in [0.1, 0.15) is 0 Å². The van der Waals surface area contributed by atoms with Crippen LogP contribution in [0.1, 0.15) is 11.1 Å². The molecule has 4 rings (SSSR count). The second kappa shape index (κ2) is 6.34. The summed E-state index contributed by atoms with van der Waals surface area (Å²) in [6, 6.07) is 13.7. The molecule has 0 amide bonds. The van der Waals surface area contributed by atoms with Crippen LogP contribution in [0.3, 0.4) is 0 Å². The molecule has 0 spiro atoms. The Bertz CT molecular complexity index is 993. The van der Waals surface area contributed by atoms with Gasteiger partial charge in [-0.1, -0.05) is 18.2 Å². The Balaban J connectivity index is 0.00000169. The van der Waals surface area contributed by atoms with E-state index >= 15 is 0 Å². The van der Waals surface area contributed by atoms with Gasteiger partial charge in [-0.15, -0.1) is 23.8 Å². The predicted octanol–water partition coefficient (Wildman–Crippen LogP) is 3.84. The molecule has 24 heavy (non-hydrogen) atoms. The summed E-state index contributed by atoms with van der Waals surface area (Å²) in [6.45, 7) is 4.25. The van der Waals surface area contributed by atoms with Crippen molar-refractivity contribution in [2.75, 3.05) is 0 Å². The Morgan fingerprint density at radius 1 is 1.08 bits per heavy atom. The number of hydrogen-bond donors (Lipinski definition) is 0. The van der Waals surface area contributed by atoms with E-state index in [0.29, 0.717) is 0 Å². The van der Waals surface area contributed by atoms with Crippen LogP contribution >= 0.6 is 0 Å². The molecule has 0 fully saturated rings. The first-order valence-corrected chi connectivity index (χ1v) is 7.58. The van der Waals surface area contributed by atoms with Gasteiger partial charge >= 0.3 is 0 Å². The SMILES string of the molecule is Cc1cccc(C)c1-n1ccnc1-c1[c-]cc2ncn(C)c2c1.[Ir]. The van der Waals surface area contributed by atoms with Gasteiger partial charge in [0.2, 0.25) is 0 Å². The minimum Gasteiger partial charge on any atom is -0.352 e. The van der Waals surface area contributed by atoms with E-state index in [1.807, 2.05) is 36.4 Å². The first-order chi connectivity index (χ1) is 11.1. The summed E-state index contributed by atoms with van der Waals surface area (Å²) in [7, 11) is 2.00. The first kappa shape index (κ1) is 16.6. The Kier molecular flexibility index (Phi) is 4.39. The van der Waals surface area contributed by atoms with Crippen LogP contribution < -0.4 is 0 Å². The van der Waals surface area contributed by atoms with Crippen molar-refractivity contribution in [1.82, 2.24) is 19.1 Å². The van der Waals surface area contributed by atoms with Crippen LogP contribution in [-0.2, 0) is 27.2 Å². The molecular formula is C19H17IrN4-. The quantitative estimate of drug-likeness (QED) is 0.398. The maximum absolute atomic E-state index is 4.57. The van der Waals surface area contributed by atoms with Gasteiger partial charge in [0.25, 0.3) is 0 Å². The topological polar surface area (TPSA) is 35.6 Å². The van der Waals surface area contributed by atoms with E-state index in [0.717, 1.165) is 22.4 Å². The van der Waals surface area contributed by atoms with Crippen LogP contribution in [0.15, 0.2) is 49.1 Å². The molecule has 0 aliphatic carbocycles. The van der Waals surface area contributed by atoms with Gasteiger partial charge in [0.05, 0.1) is 12.2 Å². The molecule has 0 aliphatic rings. The number of nitrogens with zero attached hydrogens (tertiary/aromatic N) is 4. The summed E-state index contributed by atoms with van der Waals surface area (Å²) in [5.74, 6) is 0.894. The van der Waals surface area contributed by atoms with Crippen molar-refractivity contribution in [3.63, 3.8) is 0 Å². The molecule has 4 aromatic rings. The number of rotatable bonds is 2. The Hall–Kier alpha value is -2.23. The van der Waals surface area contributed by atoms with E-state index in [1.165, 1.54) is 16.8 Å². The Labute approximate surface area is 154 Å². The zero-order valence-corrected chi connectivity index (χ0v) is 16.1. The van der Waals surface area contributed by atoms with Gasteiger partial charge in [-0.2, -0.15) is 0 Å². The minimum absolute atomic E-state index is 0. The van der Waals surface area contributed by atoms with E-state index < -0.39 is 0 Å². The molecule has 0 unspecified atom stereocenters. The molecule has 0 aliphatic heterocycles. The molecule has 0 atom stereocenters. The van der Waals surface area contributed by atoms with Gasteiger partial charge in [0, 0.05) is 50.8 Å². The summed E-state index contributed by atoms with van der Waals surface area (Å²) in [4.78, 5) is 8.92. The summed E-state index contributed by atoms with van der Waals surface area (Å²) in [5, 5.41) is 0. The number of benzene rings is 2. The van der Waals surface area contributed by atoms with Crippen LogP contribution in [0.4, 0.5) is 0 Å². The minimum atomic E-state index is 0. The summed E-state index contributed by atoms with van der Waals surface area (Å²) in [5.41, 5.74) is 6.63. The van der Waals surface area contributed by atoms with Crippen LogP contribution in [0.5, 0.6) is 0 Å².